The molecule has 0 fully saturated rings. The topological polar surface area (TPSA) is 86.3 Å². The summed E-state index contributed by atoms with van der Waals surface area (Å²) >= 11 is 0. The molecule has 0 saturated carbocycles. The summed E-state index contributed by atoms with van der Waals surface area (Å²) in [4.78, 5) is 19.8. The van der Waals surface area contributed by atoms with Gasteiger partial charge in [0.2, 0.25) is 12.6 Å². The number of hydrogen-bond donors (Lipinski definition) is 0. The van der Waals surface area contributed by atoms with Crippen LogP contribution in [-0.4, -0.2) is 22.4 Å². The maximum absolute atomic E-state index is 13.5. The monoisotopic (exact) mass is 242 g/mol. The number of halogens is 1. The van der Waals surface area contributed by atoms with Crippen LogP contribution in [0.4, 0.5) is 4.39 Å². The Morgan fingerprint density at radius 1 is 1.29 bits per heavy atom. The molecule has 2 atom stereocenters. The van der Waals surface area contributed by atoms with Crippen LogP contribution in [0, 0.1) is 26.0 Å². The maximum atomic E-state index is 13.5. The van der Waals surface area contributed by atoms with E-state index in [1.807, 2.05) is 0 Å². The lowest BCUT2D eigenvalue weighted by Gasteiger charge is -2.15. The third-order valence-corrected chi connectivity index (χ3v) is 2.57. The highest BCUT2D eigenvalue weighted by Crippen LogP contribution is 2.24. The molecule has 0 unspecified atom stereocenters. The summed E-state index contributed by atoms with van der Waals surface area (Å²) < 4.78 is 13.5. The summed E-state index contributed by atoms with van der Waals surface area (Å²) in [5.41, 5.74) is 0.00778. The first kappa shape index (κ1) is 13.0. The van der Waals surface area contributed by atoms with Gasteiger partial charge in [-0.1, -0.05) is 18.2 Å². The van der Waals surface area contributed by atoms with Crippen LogP contribution in [-0.2, 0) is 0 Å². The molecule has 7 heteroatoms. The van der Waals surface area contributed by atoms with Crippen LogP contribution in [0.25, 0.3) is 0 Å². The van der Waals surface area contributed by atoms with Gasteiger partial charge in [-0.2, -0.15) is 0 Å². The Hall–Kier alpha value is -2.05. The van der Waals surface area contributed by atoms with E-state index in [-0.39, 0.29) is 5.56 Å². The second-order valence-electron chi connectivity index (χ2n) is 3.67. The molecule has 6 nitrogen and oxygen atoms in total. The molecule has 0 saturated heterocycles. The van der Waals surface area contributed by atoms with Gasteiger partial charge < -0.3 is 0 Å². The van der Waals surface area contributed by atoms with Crippen molar-refractivity contribution in [2.75, 3.05) is 6.54 Å². The van der Waals surface area contributed by atoms with Crippen LogP contribution in [0.3, 0.4) is 0 Å². The number of nitrogens with zero attached hydrogens (tertiary/aromatic N) is 2. The molecule has 0 aliphatic rings. The van der Waals surface area contributed by atoms with Gasteiger partial charge >= 0.3 is 0 Å². The van der Waals surface area contributed by atoms with Gasteiger partial charge in [0.05, 0.1) is 0 Å². The normalized spacial score (nSPS) is 14.0. The number of rotatable bonds is 5. The zero-order valence-electron chi connectivity index (χ0n) is 9.08. The summed E-state index contributed by atoms with van der Waals surface area (Å²) in [6.07, 6.45) is 0. The number of hydrogen-bond acceptors (Lipinski definition) is 4. The summed E-state index contributed by atoms with van der Waals surface area (Å²) in [5, 5.41) is 21.1. The van der Waals surface area contributed by atoms with E-state index in [1.54, 1.807) is 0 Å². The van der Waals surface area contributed by atoms with Crippen LogP contribution in [0.2, 0.25) is 0 Å². The van der Waals surface area contributed by atoms with Gasteiger partial charge in [-0.3, -0.25) is 20.2 Å². The Labute approximate surface area is 96.4 Å². The second-order valence-corrected chi connectivity index (χ2v) is 3.67. The first-order chi connectivity index (χ1) is 7.93. The van der Waals surface area contributed by atoms with E-state index in [9.17, 15) is 24.6 Å². The van der Waals surface area contributed by atoms with Crippen molar-refractivity contribution in [1.82, 2.24) is 0 Å². The van der Waals surface area contributed by atoms with Gasteiger partial charge in [0, 0.05) is 22.3 Å². The molecule has 0 amide bonds. The fourth-order valence-corrected chi connectivity index (χ4v) is 1.59. The van der Waals surface area contributed by atoms with Crippen LogP contribution in [0.15, 0.2) is 24.3 Å². The highest BCUT2D eigenvalue weighted by atomic mass is 19.1. The predicted molar refractivity (Wildman–Crippen MR) is 57.5 cm³/mol. The van der Waals surface area contributed by atoms with Crippen molar-refractivity contribution in [3.05, 3.63) is 55.9 Å². The fourth-order valence-electron chi connectivity index (χ4n) is 1.59. The van der Waals surface area contributed by atoms with Crippen LogP contribution in [0.5, 0.6) is 0 Å². The van der Waals surface area contributed by atoms with Crippen molar-refractivity contribution < 1.29 is 14.2 Å². The number of benzene rings is 1. The van der Waals surface area contributed by atoms with Crippen molar-refractivity contribution in [1.29, 1.82) is 0 Å². The minimum Gasteiger partial charge on any atom is -0.265 e. The Bertz CT molecular complexity index is 438. The number of nitro groups is 2. The van der Waals surface area contributed by atoms with E-state index in [4.69, 9.17) is 0 Å². The highest BCUT2D eigenvalue weighted by molar-refractivity contribution is 5.22. The third kappa shape index (κ3) is 3.20. The molecule has 0 aromatic heterocycles. The molecule has 0 N–H and O–H groups in total. The first-order valence-electron chi connectivity index (χ1n) is 4.93. The summed E-state index contributed by atoms with van der Waals surface area (Å²) in [6, 6.07) is 4.19. The molecule has 0 aliphatic carbocycles. The summed E-state index contributed by atoms with van der Waals surface area (Å²) in [6.45, 7) is 0.573. The molecule has 92 valence electrons. The summed E-state index contributed by atoms with van der Waals surface area (Å²) in [5.74, 6) is -1.73. The van der Waals surface area contributed by atoms with Crippen LogP contribution < -0.4 is 0 Å². The Balaban J connectivity index is 3.10. The zero-order valence-corrected chi connectivity index (χ0v) is 9.08. The molecular weight excluding hydrogens is 231 g/mol. The molecule has 0 heterocycles. The predicted octanol–water partition coefficient (Wildman–Crippen LogP) is 1.85. The van der Waals surface area contributed by atoms with Crippen molar-refractivity contribution in [2.24, 2.45) is 0 Å². The summed E-state index contributed by atoms with van der Waals surface area (Å²) in [7, 11) is 0. The smallest absolute Gasteiger partial charge is 0.223 e. The lowest BCUT2D eigenvalue weighted by Crippen LogP contribution is -2.30. The van der Waals surface area contributed by atoms with Crippen molar-refractivity contribution >= 4 is 0 Å². The average Bonchev–Trinajstić information content (AvgIpc) is 2.25. The van der Waals surface area contributed by atoms with E-state index in [0.717, 1.165) is 6.07 Å². The van der Waals surface area contributed by atoms with E-state index in [1.165, 1.54) is 25.1 Å². The molecule has 0 radical (unpaired) electrons. The SMILES string of the molecule is C[C@H]([C@@H](C[N+](=O)[O-])c1ccccc1F)[N+](=O)[O-]. The van der Waals surface area contributed by atoms with Crippen LogP contribution in [0.1, 0.15) is 18.4 Å². The molecule has 1 aromatic rings. The molecule has 17 heavy (non-hydrogen) atoms. The molecular formula is C10H11FN2O4. The average molecular weight is 242 g/mol. The quantitative estimate of drug-likeness (QED) is 0.582. The molecule has 1 aromatic carbocycles. The molecule has 0 aliphatic heterocycles. The minimum atomic E-state index is -1.21. The fraction of sp³-hybridized carbons (Fsp3) is 0.400. The zero-order chi connectivity index (χ0) is 13.0. The molecule has 0 spiro atoms. The van der Waals surface area contributed by atoms with Crippen LogP contribution >= 0.6 is 0 Å². The van der Waals surface area contributed by atoms with Gasteiger partial charge in [0.1, 0.15) is 11.7 Å². The lowest BCUT2D eigenvalue weighted by atomic mass is 9.92. The second kappa shape index (κ2) is 5.33. The Morgan fingerprint density at radius 3 is 2.35 bits per heavy atom. The van der Waals surface area contributed by atoms with Gasteiger partial charge in [0.15, 0.2) is 0 Å². The van der Waals surface area contributed by atoms with Gasteiger partial charge in [0.25, 0.3) is 0 Å². The minimum absolute atomic E-state index is 0.00778. The standard InChI is InChI=1S/C10H11FN2O4/c1-7(13(16)17)9(6-12(14)15)8-4-2-3-5-10(8)11/h2-5,7,9H,6H2,1H3/t7-,9-/m1/s1. The van der Waals surface area contributed by atoms with Crippen molar-refractivity contribution in [2.45, 2.75) is 18.9 Å². The Kier molecular flexibility index (Phi) is 4.08. The maximum Gasteiger partial charge on any atom is 0.223 e. The van der Waals surface area contributed by atoms with E-state index in [2.05, 4.69) is 0 Å². The highest BCUT2D eigenvalue weighted by Gasteiger charge is 2.34. The van der Waals surface area contributed by atoms with Crippen molar-refractivity contribution in [3.63, 3.8) is 0 Å². The molecule has 1 rings (SSSR count). The van der Waals surface area contributed by atoms with Crippen molar-refractivity contribution in [3.8, 4) is 0 Å². The Morgan fingerprint density at radius 2 is 1.88 bits per heavy atom. The van der Waals surface area contributed by atoms with E-state index in [0.29, 0.717) is 0 Å². The van der Waals surface area contributed by atoms with E-state index < -0.39 is 34.2 Å². The third-order valence-electron chi connectivity index (χ3n) is 2.57. The van der Waals surface area contributed by atoms with E-state index >= 15 is 0 Å². The lowest BCUT2D eigenvalue weighted by molar-refractivity contribution is -0.543. The van der Waals surface area contributed by atoms with Gasteiger partial charge in [-0.05, 0) is 6.07 Å². The largest absolute Gasteiger partial charge is 0.265 e. The molecule has 0 bridgehead atoms. The first-order valence-corrected chi connectivity index (χ1v) is 4.93. The van der Waals surface area contributed by atoms with Gasteiger partial charge in [-0.25, -0.2) is 4.39 Å². The van der Waals surface area contributed by atoms with Gasteiger partial charge in [-0.15, -0.1) is 0 Å².